The molecule has 1 N–H and O–H groups in total. The first-order chi connectivity index (χ1) is 12.9. The van der Waals surface area contributed by atoms with E-state index in [1.54, 1.807) is 11.3 Å². The molecular formula is C19H21F3N3OS+. The Bertz CT molecular complexity index is 800. The summed E-state index contributed by atoms with van der Waals surface area (Å²) in [5, 5.41) is 0. The highest BCUT2D eigenvalue weighted by atomic mass is 32.1. The summed E-state index contributed by atoms with van der Waals surface area (Å²) in [6.45, 7) is 2.32. The number of pyridine rings is 1. The van der Waals surface area contributed by atoms with E-state index in [-0.39, 0.29) is 5.91 Å². The van der Waals surface area contributed by atoms with Crippen molar-refractivity contribution >= 4 is 23.1 Å². The first kappa shape index (κ1) is 18.3. The van der Waals surface area contributed by atoms with Crippen LogP contribution in [0.15, 0.2) is 24.4 Å². The van der Waals surface area contributed by atoms with Gasteiger partial charge in [0.2, 0.25) is 0 Å². The second-order valence-electron chi connectivity index (χ2n) is 7.01. The van der Waals surface area contributed by atoms with E-state index in [0.29, 0.717) is 32.0 Å². The van der Waals surface area contributed by atoms with Gasteiger partial charge in [-0.3, -0.25) is 9.69 Å². The van der Waals surface area contributed by atoms with E-state index in [0.717, 1.165) is 30.0 Å². The highest BCUT2D eigenvalue weighted by Gasteiger charge is 2.33. The van der Waals surface area contributed by atoms with E-state index >= 15 is 0 Å². The molecule has 27 heavy (non-hydrogen) atoms. The number of piperazine rings is 1. The molecule has 0 radical (unpaired) electrons. The van der Waals surface area contributed by atoms with Crippen LogP contribution in [0.2, 0.25) is 0 Å². The molecule has 144 valence electrons. The van der Waals surface area contributed by atoms with Crippen LogP contribution in [0.4, 0.5) is 19.0 Å². The average Bonchev–Trinajstić information content (AvgIpc) is 3.11. The lowest BCUT2D eigenvalue weighted by Gasteiger charge is -2.30. The third-order valence-corrected chi connectivity index (χ3v) is 6.46. The fraction of sp³-hybridized carbons (Fsp3) is 0.474. The van der Waals surface area contributed by atoms with E-state index in [4.69, 9.17) is 0 Å². The largest absolute Gasteiger partial charge is 0.419 e. The van der Waals surface area contributed by atoms with Gasteiger partial charge in [-0.2, -0.15) is 13.2 Å². The van der Waals surface area contributed by atoms with Gasteiger partial charge in [-0.05, 0) is 43.4 Å². The van der Waals surface area contributed by atoms with Crippen molar-refractivity contribution in [2.45, 2.75) is 31.9 Å². The molecule has 4 nitrogen and oxygen atoms in total. The number of hydrogen-bond acceptors (Lipinski definition) is 3. The van der Waals surface area contributed by atoms with Gasteiger partial charge in [0.15, 0.2) is 0 Å². The van der Waals surface area contributed by atoms with Gasteiger partial charge in [-0.15, -0.1) is 11.3 Å². The average molecular weight is 396 g/mol. The van der Waals surface area contributed by atoms with Gasteiger partial charge < -0.3 is 4.90 Å². The number of alkyl halides is 3. The smallest absolute Gasteiger partial charge is 0.330 e. The van der Waals surface area contributed by atoms with Crippen LogP contribution < -0.4 is 9.88 Å². The number of aromatic nitrogens is 1. The molecule has 2 aromatic rings. The van der Waals surface area contributed by atoms with Gasteiger partial charge in [0, 0.05) is 10.9 Å². The summed E-state index contributed by atoms with van der Waals surface area (Å²) in [5.74, 6) is 0.715. The van der Waals surface area contributed by atoms with Crippen LogP contribution >= 0.6 is 11.3 Å². The predicted molar refractivity (Wildman–Crippen MR) is 97.1 cm³/mol. The first-order valence-corrected chi connectivity index (χ1v) is 9.98. The van der Waals surface area contributed by atoms with Crippen molar-refractivity contribution in [1.82, 2.24) is 4.90 Å². The number of hydrogen-bond donors (Lipinski definition) is 0. The molecule has 0 spiro atoms. The number of carbonyl (C=O) groups is 1. The molecule has 0 atom stereocenters. The number of nitrogens with one attached hydrogen (secondary N) is 1. The summed E-state index contributed by atoms with van der Waals surface area (Å²) in [5.41, 5.74) is 0.634. The van der Waals surface area contributed by atoms with Crippen LogP contribution in [0.3, 0.4) is 0 Å². The highest BCUT2D eigenvalue weighted by Crippen LogP contribution is 2.31. The summed E-state index contributed by atoms with van der Waals surface area (Å²) in [7, 11) is 0. The van der Waals surface area contributed by atoms with Gasteiger partial charge >= 0.3 is 6.18 Å². The minimum absolute atomic E-state index is 0.0745. The van der Waals surface area contributed by atoms with Crippen molar-refractivity contribution in [1.29, 1.82) is 0 Å². The monoisotopic (exact) mass is 396 g/mol. The standard InChI is InChI=1S/C19H20F3N3OS/c20-19(21,22)14-5-6-17(23-12-14)24-7-9-25(10-8-24)18(26)16-11-13-3-1-2-4-15(13)27-16/h5-6,11-12H,1-4,7-10H2/p+1. The van der Waals surface area contributed by atoms with Gasteiger partial charge in [0.1, 0.15) is 19.3 Å². The first-order valence-electron chi connectivity index (χ1n) is 9.16. The van der Waals surface area contributed by atoms with E-state index in [1.165, 1.54) is 29.3 Å². The minimum Gasteiger partial charge on any atom is -0.330 e. The van der Waals surface area contributed by atoms with E-state index < -0.39 is 11.7 Å². The Morgan fingerprint density at radius 1 is 1.07 bits per heavy atom. The Kier molecular flexibility index (Phi) is 4.84. The van der Waals surface area contributed by atoms with Crippen molar-refractivity contribution in [3.63, 3.8) is 0 Å². The molecule has 0 saturated carbocycles. The zero-order valence-electron chi connectivity index (χ0n) is 14.8. The molecule has 0 unspecified atom stereocenters. The van der Waals surface area contributed by atoms with Crippen molar-refractivity contribution in [3.05, 3.63) is 45.3 Å². The molecule has 0 bridgehead atoms. The molecule has 0 aromatic carbocycles. The number of rotatable bonds is 2. The minimum atomic E-state index is -4.35. The Hall–Kier alpha value is -2.09. The molecule has 1 aliphatic heterocycles. The molecular weight excluding hydrogens is 375 g/mol. The van der Waals surface area contributed by atoms with Crippen LogP contribution in [0.25, 0.3) is 0 Å². The number of H-pyrrole nitrogens is 1. The maximum atomic E-state index is 12.8. The van der Waals surface area contributed by atoms with Gasteiger partial charge in [-0.25, -0.2) is 4.98 Å². The summed E-state index contributed by atoms with van der Waals surface area (Å²) < 4.78 is 38.0. The Morgan fingerprint density at radius 3 is 2.44 bits per heavy atom. The fourth-order valence-corrected chi connectivity index (χ4v) is 4.91. The third kappa shape index (κ3) is 3.81. The molecule has 2 aromatic heterocycles. The van der Waals surface area contributed by atoms with Crippen molar-refractivity contribution < 1.29 is 22.9 Å². The SMILES string of the molecule is O=C(c1cc2c(s1)CCCC2)N1CCN(c2ccc(C(F)(F)F)c[nH+]2)CC1. The van der Waals surface area contributed by atoms with Crippen molar-refractivity contribution in [2.24, 2.45) is 0 Å². The molecule has 1 aliphatic carbocycles. The van der Waals surface area contributed by atoms with Crippen LogP contribution in [-0.4, -0.2) is 37.0 Å². The summed E-state index contributed by atoms with van der Waals surface area (Å²) in [6, 6.07) is 4.59. The highest BCUT2D eigenvalue weighted by molar-refractivity contribution is 7.14. The zero-order valence-corrected chi connectivity index (χ0v) is 15.6. The third-order valence-electron chi connectivity index (χ3n) is 5.24. The summed E-state index contributed by atoms with van der Waals surface area (Å²) in [4.78, 5) is 21.5. The number of nitrogens with zero attached hydrogens (tertiary/aromatic N) is 2. The van der Waals surface area contributed by atoms with Crippen LogP contribution in [0.5, 0.6) is 0 Å². The van der Waals surface area contributed by atoms with Gasteiger partial charge in [0.25, 0.3) is 11.7 Å². The van der Waals surface area contributed by atoms with Crippen molar-refractivity contribution in [3.8, 4) is 0 Å². The number of fused-ring (bicyclic) bond motifs is 1. The number of aromatic amines is 1. The lowest BCUT2D eigenvalue weighted by Crippen LogP contribution is -2.50. The molecule has 8 heteroatoms. The molecule has 4 rings (SSSR count). The van der Waals surface area contributed by atoms with Gasteiger partial charge in [-0.1, -0.05) is 0 Å². The van der Waals surface area contributed by atoms with Crippen LogP contribution in [0, 0.1) is 0 Å². The second-order valence-corrected chi connectivity index (χ2v) is 8.14. The van der Waals surface area contributed by atoms with E-state index in [9.17, 15) is 18.0 Å². The topological polar surface area (TPSA) is 37.7 Å². The zero-order chi connectivity index (χ0) is 19.0. The maximum absolute atomic E-state index is 12.8. The Balaban J connectivity index is 1.38. The number of amides is 1. The van der Waals surface area contributed by atoms with E-state index in [1.807, 2.05) is 9.80 Å². The lowest BCUT2D eigenvalue weighted by atomic mass is 9.99. The summed E-state index contributed by atoms with van der Waals surface area (Å²) >= 11 is 1.62. The number of aryl methyl sites for hydroxylation is 2. The number of thiophene rings is 1. The normalized spacial score (nSPS) is 17.7. The molecule has 1 saturated heterocycles. The lowest BCUT2D eigenvalue weighted by molar-refractivity contribution is -0.367. The quantitative estimate of drug-likeness (QED) is 0.780. The van der Waals surface area contributed by atoms with Crippen LogP contribution in [-0.2, 0) is 19.0 Å². The second kappa shape index (κ2) is 7.14. The summed E-state index contributed by atoms with van der Waals surface area (Å²) in [6.07, 6.45) is 1.17. The number of carbonyl (C=O) groups excluding carboxylic acids is 1. The molecule has 2 aliphatic rings. The maximum Gasteiger partial charge on any atom is 0.419 e. The molecule has 1 amide bonds. The fourth-order valence-electron chi connectivity index (χ4n) is 3.69. The number of halogens is 3. The Morgan fingerprint density at radius 2 is 1.81 bits per heavy atom. The van der Waals surface area contributed by atoms with E-state index in [2.05, 4.69) is 11.1 Å². The molecule has 1 fully saturated rings. The number of anilines is 1. The van der Waals surface area contributed by atoms with Gasteiger partial charge in [0.05, 0.1) is 23.5 Å². The molecule has 3 heterocycles. The Labute approximate surface area is 159 Å². The predicted octanol–water partition coefficient (Wildman–Crippen LogP) is 3.42. The van der Waals surface area contributed by atoms with Crippen LogP contribution in [0.1, 0.15) is 38.5 Å². The van der Waals surface area contributed by atoms with Crippen molar-refractivity contribution in [2.75, 3.05) is 31.1 Å².